The number of hydrogen-bond donors (Lipinski definition) is 1. The van der Waals surface area contributed by atoms with Crippen LogP contribution in [0.4, 0.5) is 10.5 Å². The number of carbonyl (C=O) groups is 1. The molecule has 0 aliphatic heterocycles. The minimum atomic E-state index is -0.783. The molecule has 2 aromatic heterocycles. The molecule has 0 spiro atoms. The maximum atomic E-state index is 10.7. The summed E-state index contributed by atoms with van der Waals surface area (Å²) in [4.78, 5) is 17.3. The van der Waals surface area contributed by atoms with Crippen LogP contribution in [0.1, 0.15) is 0 Å². The van der Waals surface area contributed by atoms with Gasteiger partial charge in [0, 0.05) is 42.8 Å². The summed E-state index contributed by atoms with van der Waals surface area (Å²) in [5.74, 6) is 1.15. The number of benzene rings is 1. The fraction of sp³-hybridized carbons (Fsp3) is 0.263. The maximum Gasteiger partial charge on any atom is 0.404 e. The molecule has 28 heavy (non-hydrogen) atoms. The molecule has 0 saturated carbocycles. The van der Waals surface area contributed by atoms with Gasteiger partial charge in [-0.25, -0.2) is 9.78 Å². The van der Waals surface area contributed by atoms with Gasteiger partial charge >= 0.3 is 6.09 Å². The molecular weight excluding hydrogens is 384 g/mol. The minimum absolute atomic E-state index is 0.207. The number of fused-ring (bicyclic) bond motifs is 1. The first-order valence-corrected chi connectivity index (χ1v) is 8.84. The van der Waals surface area contributed by atoms with Crippen molar-refractivity contribution >= 4 is 29.0 Å². The zero-order valence-corrected chi connectivity index (χ0v) is 16.6. The summed E-state index contributed by atoms with van der Waals surface area (Å²) in [5, 5.41) is 0.477. The van der Waals surface area contributed by atoms with Crippen LogP contribution in [-0.4, -0.2) is 49.9 Å². The third-order valence-corrected chi connectivity index (χ3v) is 4.60. The second-order valence-electron chi connectivity index (χ2n) is 6.05. The van der Waals surface area contributed by atoms with Gasteiger partial charge < -0.3 is 29.2 Å². The zero-order chi connectivity index (χ0) is 20.3. The van der Waals surface area contributed by atoms with Crippen LogP contribution >= 0.6 is 11.6 Å². The van der Waals surface area contributed by atoms with Crippen molar-refractivity contribution in [2.75, 3.05) is 39.3 Å². The molecule has 2 N–H and O–H groups in total. The smallest absolute Gasteiger partial charge is 0.404 e. The predicted molar refractivity (Wildman–Crippen MR) is 108 cm³/mol. The van der Waals surface area contributed by atoms with Crippen molar-refractivity contribution in [3.8, 4) is 22.8 Å². The highest BCUT2D eigenvalue weighted by molar-refractivity contribution is 6.32. The van der Waals surface area contributed by atoms with E-state index in [0.29, 0.717) is 23.1 Å². The number of methoxy groups -OCH3 is 2. The van der Waals surface area contributed by atoms with Gasteiger partial charge in [-0.2, -0.15) is 0 Å². The Morgan fingerprint density at radius 1 is 1.25 bits per heavy atom. The number of nitrogens with two attached hydrogens (primary N) is 1. The van der Waals surface area contributed by atoms with Gasteiger partial charge in [-0.05, 0) is 12.1 Å². The average molecular weight is 405 g/mol. The van der Waals surface area contributed by atoms with Gasteiger partial charge in [-0.3, -0.25) is 0 Å². The second kappa shape index (κ2) is 8.26. The molecule has 0 aliphatic carbocycles. The number of rotatable bonds is 7. The number of ether oxygens (including phenoxy) is 3. The SMILES string of the molecule is COc1cc(OC)c(-c2cn3ccc(N(C)CCOC(N)=O)cc3n2)cc1Cl. The third-order valence-electron chi connectivity index (χ3n) is 4.31. The molecule has 0 fully saturated rings. The quantitative estimate of drug-likeness (QED) is 0.650. The van der Waals surface area contributed by atoms with Crippen LogP contribution in [0.5, 0.6) is 11.5 Å². The summed E-state index contributed by atoms with van der Waals surface area (Å²) >= 11 is 6.28. The van der Waals surface area contributed by atoms with E-state index in [9.17, 15) is 4.79 Å². The van der Waals surface area contributed by atoms with Gasteiger partial charge in [0.1, 0.15) is 23.8 Å². The van der Waals surface area contributed by atoms with Gasteiger partial charge in [0.15, 0.2) is 0 Å². The van der Waals surface area contributed by atoms with E-state index in [0.717, 1.165) is 22.6 Å². The first-order chi connectivity index (χ1) is 13.4. The van der Waals surface area contributed by atoms with E-state index in [1.165, 1.54) is 0 Å². The normalized spacial score (nSPS) is 10.7. The molecule has 0 saturated heterocycles. The van der Waals surface area contributed by atoms with Crippen LogP contribution in [0.25, 0.3) is 16.9 Å². The van der Waals surface area contributed by atoms with Crippen molar-refractivity contribution in [1.29, 1.82) is 0 Å². The van der Waals surface area contributed by atoms with E-state index in [1.807, 2.05) is 40.9 Å². The van der Waals surface area contributed by atoms with Crippen molar-refractivity contribution in [1.82, 2.24) is 9.38 Å². The first-order valence-electron chi connectivity index (χ1n) is 8.47. The van der Waals surface area contributed by atoms with Gasteiger partial charge in [0.25, 0.3) is 0 Å². The lowest BCUT2D eigenvalue weighted by Crippen LogP contribution is -2.25. The van der Waals surface area contributed by atoms with Crippen LogP contribution in [0.15, 0.2) is 36.7 Å². The molecule has 0 atom stereocenters. The maximum absolute atomic E-state index is 10.7. The van der Waals surface area contributed by atoms with Gasteiger partial charge in [-0.1, -0.05) is 11.6 Å². The Morgan fingerprint density at radius 3 is 2.68 bits per heavy atom. The Kier molecular flexibility index (Phi) is 5.79. The van der Waals surface area contributed by atoms with Gasteiger partial charge in [0.2, 0.25) is 0 Å². The molecule has 9 heteroatoms. The molecule has 3 rings (SSSR count). The van der Waals surface area contributed by atoms with Gasteiger partial charge in [-0.15, -0.1) is 0 Å². The number of primary amides is 1. The fourth-order valence-electron chi connectivity index (χ4n) is 2.81. The topological polar surface area (TPSA) is 91.3 Å². The largest absolute Gasteiger partial charge is 0.496 e. The van der Waals surface area contributed by atoms with Crippen LogP contribution in [0.3, 0.4) is 0 Å². The molecule has 0 bridgehead atoms. The molecule has 3 aromatic rings. The summed E-state index contributed by atoms with van der Waals surface area (Å²) in [6.07, 6.45) is 3.02. The van der Waals surface area contributed by atoms with E-state index >= 15 is 0 Å². The molecule has 0 unspecified atom stereocenters. The number of likely N-dealkylation sites (N-methyl/N-ethyl adjacent to an activating group) is 1. The van der Waals surface area contributed by atoms with Crippen LogP contribution in [-0.2, 0) is 4.74 Å². The highest BCUT2D eigenvalue weighted by atomic mass is 35.5. The van der Waals surface area contributed by atoms with E-state index in [4.69, 9.17) is 36.5 Å². The van der Waals surface area contributed by atoms with Crippen LogP contribution < -0.4 is 20.1 Å². The number of nitrogens with zero attached hydrogens (tertiary/aromatic N) is 3. The monoisotopic (exact) mass is 404 g/mol. The van der Waals surface area contributed by atoms with Crippen molar-refractivity contribution < 1.29 is 19.0 Å². The number of halogens is 1. The molecule has 0 aliphatic rings. The Bertz CT molecular complexity index is 1010. The summed E-state index contributed by atoms with van der Waals surface area (Å²) in [7, 11) is 5.03. The Hall–Kier alpha value is -3.13. The van der Waals surface area contributed by atoms with Crippen molar-refractivity contribution in [3.63, 3.8) is 0 Å². The summed E-state index contributed by atoms with van der Waals surface area (Å²) in [5.41, 5.74) is 8.15. The van der Waals surface area contributed by atoms with Crippen molar-refractivity contribution in [2.24, 2.45) is 5.73 Å². The Morgan fingerprint density at radius 2 is 2.00 bits per heavy atom. The summed E-state index contributed by atoms with van der Waals surface area (Å²) < 4.78 is 17.4. The number of pyridine rings is 1. The van der Waals surface area contributed by atoms with E-state index in [1.54, 1.807) is 26.4 Å². The lowest BCUT2D eigenvalue weighted by Gasteiger charge is -2.18. The third kappa shape index (κ3) is 4.07. The Balaban J connectivity index is 1.91. The number of anilines is 1. The molecule has 8 nitrogen and oxygen atoms in total. The molecular formula is C19H21ClN4O4. The highest BCUT2D eigenvalue weighted by Gasteiger charge is 2.15. The molecule has 1 amide bonds. The Labute approximate surface area is 167 Å². The molecule has 2 heterocycles. The van der Waals surface area contributed by atoms with E-state index < -0.39 is 6.09 Å². The zero-order valence-electron chi connectivity index (χ0n) is 15.8. The summed E-state index contributed by atoms with van der Waals surface area (Å²) in [6.45, 7) is 0.715. The predicted octanol–water partition coefficient (Wildman–Crippen LogP) is 3.20. The van der Waals surface area contributed by atoms with Crippen LogP contribution in [0.2, 0.25) is 5.02 Å². The van der Waals surface area contributed by atoms with Gasteiger partial charge in [0.05, 0.1) is 31.5 Å². The van der Waals surface area contributed by atoms with Crippen LogP contribution in [0, 0.1) is 0 Å². The number of imidazole rings is 1. The van der Waals surface area contributed by atoms with E-state index in [2.05, 4.69) is 0 Å². The lowest BCUT2D eigenvalue weighted by atomic mass is 10.1. The summed E-state index contributed by atoms with van der Waals surface area (Å²) in [6, 6.07) is 7.39. The molecule has 1 aromatic carbocycles. The first kappa shape index (κ1) is 19.6. The van der Waals surface area contributed by atoms with Crippen molar-refractivity contribution in [2.45, 2.75) is 0 Å². The standard InChI is InChI=1S/C19H21ClN4O4/c1-23(6-7-28-19(21)25)12-4-5-24-11-15(22-18(24)8-12)13-9-14(20)17(27-3)10-16(13)26-2/h4-5,8-11H,6-7H2,1-3H3,(H2,21,25). The van der Waals surface area contributed by atoms with E-state index in [-0.39, 0.29) is 6.61 Å². The molecule has 148 valence electrons. The fourth-order valence-corrected chi connectivity index (χ4v) is 3.05. The number of carbonyl (C=O) groups excluding carboxylic acids is 1. The minimum Gasteiger partial charge on any atom is -0.496 e. The average Bonchev–Trinajstić information content (AvgIpc) is 3.10. The number of aromatic nitrogens is 2. The molecule has 0 radical (unpaired) electrons. The number of hydrogen-bond acceptors (Lipinski definition) is 6. The lowest BCUT2D eigenvalue weighted by molar-refractivity contribution is 0.160. The highest BCUT2D eigenvalue weighted by Crippen LogP contribution is 2.38. The van der Waals surface area contributed by atoms with Crippen molar-refractivity contribution in [3.05, 3.63) is 41.7 Å². The second-order valence-corrected chi connectivity index (χ2v) is 6.46. The number of amides is 1.